The van der Waals surface area contributed by atoms with Gasteiger partial charge in [0.1, 0.15) is 9.84 Å². The van der Waals surface area contributed by atoms with Gasteiger partial charge >= 0.3 is 0 Å². The second-order valence-electron chi connectivity index (χ2n) is 6.20. The van der Waals surface area contributed by atoms with E-state index in [0.29, 0.717) is 17.8 Å². The van der Waals surface area contributed by atoms with Gasteiger partial charge in [0.15, 0.2) is 0 Å². The van der Waals surface area contributed by atoms with Crippen LogP contribution in [0, 0.1) is 5.92 Å². The Balaban J connectivity index is 1.72. The van der Waals surface area contributed by atoms with Crippen LogP contribution >= 0.6 is 0 Å². The van der Waals surface area contributed by atoms with Gasteiger partial charge in [0.05, 0.1) is 5.75 Å². The summed E-state index contributed by atoms with van der Waals surface area (Å²) < 4.78 is 22.2. The summed E-state index contributed by atoms with van der Waals surface area (Å²) >= 11 is 0. The number of nitrogens with one attached hydrogen (secondary N) is 2. The lowest BCUT2D eigenvalue weighted by Gasteiger charge is -2.33. The summed E-state index contributed by atoms with van der Waals surface area (Å²) in [6.07, 6.45) is 9.92. The van der Waals surface area contributed by atoms with Gasteiger partial charge in [-0.15, -0.1) is 0 Å². The molecule has 1 saturated heterocycles. The molecule has 0 aromatic carbocycles. The van der Waals surface area contributed by atoms with Crippen LogP contribution in [0.25, 0.3) is 0 Å². The Kier molecular flexibility index (Phi) is 5.66. The highest BCUT2D eigenvalue weighted by molar-refractivity contribution is 7.90. The van der Waals surface area contributed by atoms with E-state index >= 15 is 0 Å². The van der Waals surface area contributed by atoms with E-state index in [1.54, 1.807) is 0 Å². The molecule has 1 saturated carbocycles. The van der Waals surface area contributed by atoms with Crippen molar-refractivity contribution >= 4 is 9.84 Å². The van der Waals surface area contributed by atoms with E-state index in [0.717, 1.165) is 18.9 Å². The Morgan fingerprint density at radius 1 is 1.16 bits per heavy atom. The van der Waals surface area contributed by atoms with Gasteiger partial charge in [0, 0.05) is 18.3 Å². The highest BCUT2D eigenvalue weighted by Crippen LogP contribution is 2.31. The highest BCUT2D eigenvalue weighted by Gasteiger charge is 2.33. The van der Waals surface area contributed by atoms with Crippen LogP contribution in [-0.2, 0) is 9.84 Å². The molecule has 0 amide bonds. The van der Waals surface area contributed by atoms with Crippen molar-refractivity contribution in [3.05, 3.63) is 0 Å². The number of hydrogen-bond acceptors (Lipinski definition) is 4. The van der Waals surface area contributed by atoms with E-state index in [2.05, 4.69) is 10.6 Å². The first-order valence-corrected chi connectivity index (χ1v) is 9.77. The molecule has 3 atom stereocenters. The molecule has 3 unspecified atom stereocenters. The predicted molar refractivity (Wildman–Crippen MR) is 79.1 cm³/mol. The van der Waals surface area contributed by atoms with Gasteiger partial charge in [-0.05, 0) is 51.1 Å². The fourth-order valence-electron chi connectivity index (χ4n) is 3.59. The molecule has 2 fully saturated rings. The fraction of sp³-hybridized carbons (Fsp3) is 1.00. The molecule has 1 aliphatic carbocycles. The zero-order valence-corrected chi connectivity index (χ0v) is 12.8. The third kappa shape index (κ3) is 5.04. The molecule has 4 nitrogen and oxygen atoms in total. The maximum Gasteiger partial charge on any atom is 0.147 e. The molecule has 112 valence electrons. The van der Waals surface area contributed by atoms with Crippen LogP contribution in [0.15, 0.2) is 0 Å². The summed E-state index contributed by atoms with van der Waals surface area (Å²) in [4.78, 5) is 0. The molecular formula is C14H28N2O2S. The summed E-state index contributed by atoms with van der Waals surface area (Å²) in [5.74, 6) is 1.05. The Labute approximate surface area is 117 Å². The maximum atomic E-state index is 11.1. The third-order valence-electron chi connectivity index (χ3n) is 4.53. The van der Waals surface area contributed by atoms with Gasteiger partial charge in [-0.2, -0.15) is 0 Å². The Bertz CT molecular complexity index is 364. The molecule has 5 heteroatoms. The second-order valence-corrected chi connectivity index (χ2v) is 8.45. The minimum Gasteiger partial charge on any atom is -0.314 e. The molecule has 2 aliphatic rings. The zero-order chi connectivity index (χ0) is 13.7. The molecule has 0 radical (unpaired) electrons. The van der Waals surface area contributed by atoms with E-state index in [1.807, 2.05) is 0 Å². The van der Waals surface area contributed by atoms with Gasteiger partial charge in [-0.3, -0.25) is 0 Å². The second kappa shape index (κ2) is 7.04. The van der Waals surface area contributed by atoms with Crippen LogP contribution in [-0.4, -0.2) is 45.6 Å². The van der Waals surface area contributed by atoms with Crippen molar-refractivity contribution in [3.8, 4) is 0 Å². The first kappa shape index (κ1) is 15.3. The monoisotopic (exact) mass is 288 g/mol. The first-order valence-electron chi connectivity index (χ1n) is 7.71. The minimum atomic E-state index is -2.81. The largest absolute Gasteiger partial charge is 0.314 e. The summed E-state index contributed by atoms with van der Waals surface area (Å²) in [5.41, 5.74) is 0. The Hall–Kier alpha value is -0.130. The van der Waals surface area contributed by atoms with Crippen LogP contribution < -0.4 is 10.6 Å². The topological polar surface area (TPSA) is 58.2 Å². The van der Waals surface area contributed by atoms with Crippen molar-refractivity contribution in [2.75, 3.05) is 25.1 Å². The summed E-state index contributed by atoms with van der Waals surface area (Å²) in [5, 5.41) is 7.27. The lowest BCUT2D eigenvalue weighted by atomic mass is 9.88. The molecular weight excluding hydrogens is 260 g/mol. The Morgan fingerprint density at radius 2 is 2.00 bits per heavy atom. The van der Waals surface area contributed by atoms with E-state index in [-0.39, 0.29) is 0 Å². The summed E-state index contributed by atoms with van der Waals surface area (Å²) in [6, 6.07) is 1.28. The Morgan fingerprint density at radius 3 is 2.68 bits per heavy atom. The molecule has 2 rings (SSSR count). The number of rotatable bonds is 6. The quantitative estimate of drug-likeness (QED) is 0.724. The van der Waals surface area contributed by atoms with Gasteiger partial charge < -0.3 is 10.6 Å². The van der Waals surface area contributed by atoms with Crippen molar-refractivity contribution in [2.24, 2.45) is 5.92 Å². The van der Waals surface area contributed by atoms with Crippen LogP contribution in [0.3, 0.4) is 0 Å². The van der Waals surface area contributed by atoms with Crippen LogP contribution in [0.4, 0.5) is 0 Å². The SMILES string of the molecule is CS(=O)(=O)CCCNC1CCCC1C1CCCCN1. The van der Waals surface area contributed by atoms with E-state index in [4.69, 9.17) is 0 Å². The smallest absolute Gasteiger partial charge is 0.147 e. The summed E-state index contributed by atoms with van der Waals surface area (Å²) in [7, 11) is -2.81. The van der Waals surface area contributed by atoms with E-state index in [9.17, 15) is 8.42 Å². The minimum absolute atomic E-state index is 0.305. The standard InChI is InChI=1S/C14H28N2O2S/c1-19(17,18)11-5-10-16-14-8-4-6-12(14)13-7-2-3-9-15-13/h12-16H,2-11H2,1H3. The molecule has 0 aromatic heterocycles. The molecule has 1 heterocycles. The van der Waals surface area contributed by atoms with Gasteiger partial charge in [-0.1, -0.05) is 12.8 Å². The number of sulfone groups is 1. The predicted octanol–water partition coefficient (Wildman–Crippen LogP) is 1.32. The molecule has 19 heavy (non-hydrogen) atoms. The molecule has 0 aromatic rings. The molecule has 1 aliphatic heterocycles. The average Bonchev–Trinajstić information content (AvgIpc) is 2.83. The van der Waals surface area contributed by atoms with Crippen LogP contribution in [0.5, 0.6) is 0 Å². The lowest BCUT2D eigenvalue weighted by molar-refractivity contribution is 0.258. The highest BCUT2D eigenvalue weighted by atomic mass is 32.2. The third-order valence-corrected chi connectivity index (χ3v) is 5.56. The van der Waals surface area contributed by atoms with Crippen molar-refractivity contribution in [1.82, 2.24) is 10.6 Å². The van der Waals surface area contributed by atoms with Crippen molar-refractivity contribution in [3.63, 3.8) is 0 Å². The molecule has 0 bridgehead atoms. The van der Waals surface area contributed by atoms with Crippen molar-refractivity contribution in [1.29, 1.82) is 0 Å². The van der Waals surface area contributed by atoms with E-state index in [1.165, 1.54) is 51.3 Å². The maximum absolute atomic E-state index is 11.1. The zero-order valence-electron chi connectivity index (χ0n) is 12.0. The summed E-state index contributed by atoms with van der Waals surface area (Å²) in [6.45, 7) is 2.00. The molecule has 2 N–H and O–H groups in total. The average molecular weight is 288 g/mol. The van der Waals surface area contributed by atoms with Crippen molar-refractivity contribution in [2.45, 2.75) is 57.0 Å². The van der Waals surface area contributed by atoms with E-state index < -0.39 is 9.84 Å². The number of hydrogen-bond donors (Lipinski definition) is 2. The lowest BCUT2D eigenvalue weighted by Crippen LogP contribution is -2.47. The van der Waals surface area contributed by atoms with Gasteiger partial charge in [0.2, 0.25) is 0 Å². The van der Waals surface area contributed by atoms with Crippen LogP contribution in [0.1, 0.15) is 44.9 Å². The molecule has 0 spiro atoms. The van der Waals surface area contributed by atoms with Crippen LogP contribution in [0.2, 0.25) is 0 Å². The first-order chi connectivity index (χ1) is 9.06. The van der Waals surface area contributed by atoms with Gasteiger partial charge in [-0.25, -0.2) is 8.42 Å². The number of piperidine rings is 1. The normalized spacial score (nSPS) is 32.6. The van der Waals surface area contributed by atoms with Gasteiger partial charge in [0.25, 0.3) is 0 Å². The van der Waals surface area contributed by atoms with Crippen molar-refractivity contribution < 1.29 is 8.42 Å². The fourth-order valence-corrected chi connectivity index (χ4v) is 4.26.